The summed E-state index contributed by atoms with van der Waals surface area (Å²) in [6.07, 6.45) is 0. The predicted octanol–water partition coefficient (Wildman–Crippen LogP) is 0.0639. The van der Waals surface area contributed by atoms with Gasteiger partial charge in [-0.2, -0.15) is 5.10 Å². The summed E-state index contributed by atoms with van der Waals surface area (Å²) >= 11 is 0. The minimum Gasteiger partial charge on any atom is -0.461 e. The van der Waals surface area contributed by atoms with Gasteiger partial charge in [-0.3, -0.25) is 4.79 Å². The molecule has 0 aromatic heterocycles. The van der Waals surface area contributed by atoms with E-state index in [4.69, 9.17) is 4.74 Å². The number of hydrazone groups is 1. The smallest absolute Gasteiger partial charge is 0.362 e. The Balaban J connectivity index is 4.78. The maximum Gasteiger partial charge on any atom is 0.362 e. The van der Waals surface area contributed by atoms with Gasteiger partial charge in [0, 0.05) is 6.92 Å². The molecule has 0 spiro atoms. The van der Waals surface area contributed by atoms with Gasteiger partial charge in [-0.25, -0.2) is 10.2 Å². The van der Waals surface area contributed by atoms with Crippen LogP contribution in [0.4, 0.5) is 0 Å². The largest absolute Gasteiger partial charge is 0.461 e. The van der Waals surface area contributed by atoms with E-state index < -0.39 is 5.97 Å². The van der Waals surface area contributed by atoms with E-state index in [9.17, 15) is 9.59 Å². The van der Waals surface area contributed by atoms with Gasteiger partial charge in [-0.15, -0.1) is 0 Å². The van der Waals surface area contributed by atoms with E-state index in [0.717, 1.165) is 0 Å². The highest BCUT2D eigenvalue weighted by Crippen LogP contribution is 1.91. The first-order valence-electron chi connectivity index (χ1n) is 4.62. The van der Waals surface area contributed by atoms with Gasteiger partial charge >= 0.3 is 5.97 Å². The van der Waals surface area contributed by atoms with Crippen LogP contribution in [0.5, 0.6) is 0 Å². The first-order chi connectivity index (χ1) is 7.52. The lowest BCUT2D eigenvalue weighted by Crippen LogP contribution is -2.27. The van der Waals surface area contributed by atoms with E-state index in [1.54, 1.807) is 6.92 Å². The molecular weight excluding hydrogens is 214 g/mol. The zero-order chi connectivity index (χ0) is 12.6. The number of oxime groups is 1. The first-order valence-corrected chi connectivity index (χ1v) is 4.62. The van der Waals surface area contributed by atoms with Crippen molar-refractivity contribution in [1.82, 2.24) is 5.43 Å². The highest BCUT2D eigenvalue weighted by Gasteiger charge is 2.17. The van der Waals surface area contributed by atoms with Crippen LogP contribution >= 0.6 is 0 Å². The van der Waals surface area contributed by atoms with Gasteiger partial charge < -0.3 is 9.57 Å². The minimum atomic E-state index is -0.657. The summed E-state index contributed by atoms with van der Waals surface area (Å²) < 4.78 is 4.74. The fourth-order valence-electron chi connectivity index (χ4n) is 0.757. The first kappa shape index (κ1) is 14.1. The minimum absolute atomic E-state index is 0.0851. The molecule has 0 radical (unpaired) electrons. The van der Waals surface area contributed by atoms with Crippen molar-refractivity contribution in [3.05, 3.63) is 0 Å². The topological polar surface area (TPSA) is 89.3 Å². The molecule has 0 bridgehead atoms. The quantitative estimate of drug-likeness (QED) is 0.410. The van der Waals surface area contributed by atoms with E-state index >= 15 is 0 Å². The second-order valence-corrected chi connectivity index (χ2v) is 2.71. The molecule has 0 aromatic carbocycles. The van der Waals surface area contributed by atoms with E-state index in [2.05, 4.69) is 20.5 Å². The van der Waals surface area contributed by atoms with Crippen molar-refractivity contribution < 1.29 is 19.2 Å². The number of esters is 1. The van der Waals surface area contributed by atoms with Crippen LogP contribution in [0.3, 0.4) is 0 Å². The lowest BCUT2D eigenvalue weighted by atomic mass is 10.2. The SMILES string of the molecule is CCOC(=O)C(=NOC)C(C)=NNC(C)=O. The maximum atomic E-state index is 11.4. The molecule has 0 saturated carbocycles. The summed E-state index contributed by atoms with van der Waals surface area (Å²) in [6, 6.07) is 0. The van der Waals surface area contributed by atoms with Crippen molar-refractivity contribution in [3.63, 3.8) is 0 Å². The summed E-state index contributed by atoms with van der Waals surface area (Å²) in [7, 11) is 1.30. The molecule has 0 aromatic rings. The van der Waals surface area contributed by atoms with Crippen LogP contribution in [0.1, 0.15) is 20.8 Å². The Labute approximate surface area is 93.5 Å². The van der Waals surface area contributed by atoms with Crippen molar-refractivity contribution in [1.29, 1.82) is 0 Å². The van der Waals surface area contributed by atoms with E-state index in [1.165, 1.54) is 21.0 Å². The second kappa shape index (κ2) is 7.38. The number of nitrogens with zero attached hydrogens (tertiary/aromatic N) is 2. The van der Waals surface area contributed by atoms with Gasteiger partial charge in [0.05, 0.1) is 12.3 Å². The van der Waals surface area contributed by atoms with Crippen LogP contribution in [-0.4, -0.2) is 37.0 Å². The molecule has 0 aliphatic carbocycles. The zero-order valence-electron chi connectivity index (χ0n) is 9.73. The Kier molecular flexibility index (Phi) is 6.50. The zero-order valence-corrected chi connectivity index (χ0v) is 9.73. The molecule has 0 heterocycles. The Morgan fingerprint density at radius 1 is 1.31 bits per heavy atom. The second-order valence-electron chi connectivity index (χ2n) is 2.71. The third kappa shape index (κ3) is 5.08. The molecule has 0 rings (SSSR count). The van der Waals surface area contributed by atoms with Gasteiger partial charge in [-0.1, -0.05) is 5.16 Å². The summed E-state index contributed by atoms with van der Waals surface area (Å²) in [6.45, 7) is 4.69. The van der Waals surface area contributed by atoms with Gasteiger partial charge in [0.1, 0.15) is 7.11 Å². The Hall–Kier alpha value is -1.92. The van der Waals surface area contributed by atoms with E-state index in [0.29, 0.717) is 0 Å². The molecule has 0 saturated heterocycles. The standard InChI is InChI=1S/C9H15N3O4/c1-5-16-9(14)8(12-15-4)6(2)10-11-7(3)13/h5H2,1-4H3,(H,11,13). The average molecular weight is 229 g/mol. The maximum absolute atomic E-state index is 11.4. The van der Waals surface area contributed by atoms with Crippen LogP contribution in [0.15, 0.2) is 10.3 Å². The Bertz CT molecular complexity index is 323. The number of carbonyl (C=O) groups is 2. The predicted molar refractivity (Wildman–Crippen MR) is 58.0 cm³/mol. The van der Waals surface area contributed by atoms with Crippen molar-refractivity contribution in [2.75, 3.05) is 13.7 Å². The van der Waals surface area contributed by atoms with Crippen LogP contribution in [0, 0.1) is 0 Å². The number of amides is 1. The fourth-order valence-corrected chi connectivity index (χ4v) is 0.757. The monoisotopic (exact) mass is 229 g/mol. The third-order valence-electron chi connectivity index (χ3n) is 1.38. The van der Waals surface area contributed by atoms with Gasteiger partial charge in [0.15, 0.2) is 0 Å². The van der Waals surface area contributed by atoms with E-state index in [-0.39, 0.29) is 23.9 Å². The van der Waals surface area contributed by atoms with Crippen molar-refractivity contribution in [2.45, 2.75) is 20.8 Å². The molecular formula is C9H15N3O4. The van der Waals surface area contributed by atoms with Gasteiger partial charge in [0.2, 0.25) is 11.6 Å². The molecule has 0 aliphatic heterocycles. The number of hydrogen-bond donors (Lipinski definition) is 1. The highest BCUT2D eigenvalue weighted by molar-refractivity contribution is 6.65. The fraction of sp³-hybridized carbons (Fsp3) is 0.556. The number of carbonyl (C=O) groups excluding carboxylic acids is 2. The van der Waals surface area contributed by atoms with Gasteiger partial charge in [-0.05, 0) is 13.8 Å². The number of ether oxygens (including phenoxy) is 1. The lowest BCUT2D eigenvalue weighted by Gasteiger charge is -2.04. The summed E-state index contributed by atoms with van der Waals surface area (Å²) in [5.41, 5.74) is 2.31. The molecule has 1 amide bonds. The van der Waals surface area contributed by atoms with E-state index in [1.807, 2.05) is 0 Å². The molecule has 16 heavy (non-hydrogen) atoms. The summed E-state index contributed by atoms with van der Waals surface area (Å²) in [5, 5.41) is 7.13. The van der Waals surface area contributed by atoms with Gasteiger partial charge in [0.25, 0.3) is 0 Å². The molecule has 0 atom stereocenters. The number of hydrogen-bond acceptors (Lipinski definition) is 6. The normalized spacial score (nSPS) is 12.0. The van der Waals surface area contributed by atoms with Crippen molar-refractivity contribution in [2.24, 2.45) is 10.3 Å². The summed E-state index contributed by atoms with van der Waals surface area (Å²) in [4.78, 5) is 26.5. The Morgan fingerprint density at radius 3 is 2.38 bits per heavy atom. The van der Waals surface area contributed by atoms with Crippen LogP contribution in [-0.2, 0) is 19.2 Å². The molecule has 0 fully saturated rings. The lowest BCUT2D eigenvalue weighted by molar-refractivity contribution is -0.135. The van der Waals surface area contributed by atoms with Crippen LogP contribution in [0.2, 0.25) is 0 Å². The van der Waals surface area contributed by atoms with Crippen LogP contribution in [0.25, 0.3) is 0 Å². The number of rotatable bonds is 5. The average Bonchev–Trinajstić information content (AvgIpc) is 2.22. The molecule has 0 aliphatic rings. The molecule has 90 valence electrons. The highest BCUT2D eigenvalue weighted by atomic mass is 16.6. The number of nitrogens with one attached hydrogen (secondary N) is 1. The third-order valence-corrected chi connectivity index (χ3v) is 1.38. The molecule has 0 unspecified atom stereocenters. The van der Waals surface area contributed by atoms with Crippen LogP contribution < -0.4 is 5.43 Å². The van der Waals surface area contributed by atoms with Crippen molar-refractivity contribution >= 4 is 23.3 Å². The Morgan fingerprint density at radius 2 is 1.94 bits per heavy atom. The molecule has 1 N–H and O–H groups in total. The van der Waals surface area contributed by atoms with Crippen molar-refractivity contribution in [3.8, 4) is 0 Å². The molecule has 7 nitrogen and oxygen atoms in total. The summed E-state index contributed by atoms with van der Waals surface area (Å²) in [5.74, 6) is -1.00. The molecule has 7 heteroatoms.